The van der Waals surface area contributed by atoms with Crippen LogP contribution in [0.3, 0.4) is 0 Å². The summed E-state index contributed by atoms with van der Waals surface area (Å²) in [7, 11) is 0. The van der Waals surface area contributed by atoms with Gasteiger partial charge in [0.1, 0.15) is 5.58 Å². The van der Waals surface area contributed by atoms with E-state index in [1.54, 1.807) is 6.26 Å². The van der Waals surface area contributed by atoms with Gasteiger partial charge in [0.05, 0.1) is 12.7 Å². The summed E-state index contributed by atoms with van der Waals surface area (Å²) in [6, 6.07) is 14.3. The highest BCUT2D eigenvalue weighted by atomic mass is 16.3. The molecular weight excluding hydrogens is 310 g/mol. The number of amides is 1. The van der Waals surface area contributed by atoms with E-state index in [9.17, 15) is 4.79 Å². The van der Waals surface area contributed by atoms with E-state index in [2.05, 4.69) is 43.4 Å². The van der Waals surface area contributed by atoms with Crippen molar-refractivity contribution >= 4 is 22.6 Å². The summed E-state index contributed by atoms with van der Waals surface area (Å²) in [5, 5.41) is 4.01. The van der Waals surface area contributed by atoms with E-state index >= 15 is 0 Å². The number of aryl methyl sites for hydroxylation is 2. The van der Waals surface area contributed by atoms with Gasteiger partial charge in [-0.3, -0.25) is 4.79 Å². The molecular formula is C22H25NO2. The van der Waals surface area contributed by atoms with E-state index in [0.29, 0.717) is 6.42 Å². The predicted molar refractivity (Wildman–Crippen MR) is 103 cm³/mol. The molecule has 0 saturated heterocycles. The van der Waals surface area contributed by atoms with E-state index in [4.69, 9.17) is 4.42 Å². The fourth-order valence-corrected chi connectivity index (χ4v) is 3.00. The fraction of sp³-hybridized carbons (Fsp3) is 0.318. The molecule has 130 valence electrons. The topological polar surface area (TPSA) is 42.2 Å². The van der Waals surface area contributed by atoms with Crippen LogP contribution < -0.4 is 5.32 Å². The summed E-state index contributed by atoms with van der Waals surface area (Å²) in [6.45, 7) is 4.31. The third-order valence-electron chi connectivity index (χ3n) is 4.53. The lowest BCUT2D eigenvalue weighted by Gasteiger charge is -2.06. The van der Waals surface area contributed by atoms with Crippen molar-refractivity contribution in [1.29, 1.82) is 0 Å². The van der Waals surface area contributed by atoms with Gasteiger partial charge in [-0.05, 0) is 54.7 Å². The normalized spacial score (nSPS) is 11.0. The van der Waals surface area contributed by atoms with Crippen LogP contribution in [0.4, 0.5) is 5.69 Å². The summed E-state index contributed by atoms with van der Waals surface area (Å²) in [4.78, 5) is 12.4. The minimum absolute atomic E-state index is 0.0223. The molecule has 0 saturated carbocycles. The lowest BCUT2D eigenvalue weighted by molar-refractivity contribution is -0.115. The Morgan fingerprint density at radius 2 is 1.80 bits per heavy atom. The molecule has 1 aromatic heterocycles. The molecule has 1 heterocycles. The molecule has 0 bridgehead atoms. The Labute approximate surface area is 149 Å². The molecule has 0 fully saturated rings. The molecule has 0 aliphatic heterocycles. The number of benzene rings is 2. The van der Waals surface area contributed by atoms with E-state index in [1.807, 2.05) is 18.2 Å². The monoisotopic (exact) mass is 335 g/mol. The Kier molecular flexibility index (Phi) is 5.54. The van der Waals surface area contributed by atoms with Crippen molar-refractivity contribution < 1.29 is 9.21 Å². The Bertz CT molecular complexity index is 846. The van der Waals surface area contributed by atoms with Gasteiger partial charge in [-0.15, -0.1) is 0 Å². The van der Waals surface area contributed by atoms with E-state index in [1.165, 1.54) is 24.0 Å². The third kappa shape index (κ3) is 4.30. The molecule has 3 rings (SSSR count). The highest BCUT2D eigenvalue weighted by Crippen LogP contribution is 2.23. The van der Waals surface area contributed by atoms with Crippen LogP contribution in [0.5, 0.6) is 0 Å². The molecule has 3 aromatic rings. The first-order chi connectivity index (χ1) is 12.2. The molecule has 0 aliphatic rings. The van der Waals surface area contributed by atoms with Crippen LogP contribution in [-0.2, 0) is 24.1 Å². The fourth-order valence-electron chi connectivity index (χ4n) is 3.00. The van der Waals surface area contributed by atoms with Crippen molar-refractivity contribution in [2.24, 2.45) is 0 Å². The summed E-state index contributed by atoms with van der Waals surface area (Å²) in [5.74, 6) is -0.0223. The lowest BCUT2D eigenvalue weighted by atomic mass is 10.1. The van der Waals surface area contributed by atoms with Gasteiger partial charge in [0.15, 0.2) is 0 Å². The minimum atomic E-state index is -0.0223. The van der Waals surface area contributed by atoms with Gasteiger partial charge in [0.2, 0.25) is 5.91 Å². The van der Waals surface area contributed by atoms with E-state index < -0.39 is 0 Å². The second-order valence-electron chi connectivity index (χ2n) is 6.47. The summed E-state index contributed by atoms with van der Waals surface area (Å²) >= 11 is 0. The highest BCUT2D eigenvalue weighted by Gasteiger charge is 2.11. The zero-order valence-corrected chi connectivity index (χ0v) is 15.0. The van der Waals surface area contributed by atoms with Gasteiger partial charge < -0.3 is 9.73 Å². The number of carbonyl (C=O) groups is 1. The number of fused-ring (bicyclic) bond motifs is 1. The molecule has 0 unspecified atom stereocenters. The molecule has 25 heavy (non-hydrogen) atoms. The van der Waals surface area contributed by atoms with Gasteiger partial charge in [-0.2, -0.15) is 0 Å². The SMILES string of the molecule is CCCCc1ccc(NC(=O)Cc2coc3ccc(CC)cc23)cc1. The Morgan fingerprint density at radius 1 is 1.04 bits per heavy atom. The van der Waals surface area contributed by atoms with Crippen molar-refractivity contribution in [2.75, 3.05) is 5.32 Å². The van der Waals surface area contributed by atoms with Gasteiger partial charge in [0.25, 0.3) is 0 Å². The van der Waals surface area contributed by atoms with Crippen molar-refractivity contribution in [3.8, 4) is 0 Å². The zero-order valence-electron chi connectivity index (χ0n) is 15.0. The third-order valence-corrected chi connectivity index (χ3v) is 4.53. The number of nitrogens with one attached hydrogen (secondary N) is 1. The standard InChI is InChI=1S/C22H25NO2/c1-3-5-6-17-7-10-19(11-8-17)23-22(24)14-18-15-25-21-12-9-16(4-2)13-20(18)21/h7-13,15H,3-6,14H2,1-2H3,(H,23,24). The molecule has 1 N–H and O–H groups in total. The van der Waals surface area contributed by atoms with E-state index in [0.717, 1.165) is 35.1 Å². The average Bonchev–Trinajstić information content (AvgIpc) is 3.03. The summed E-state index contributed by atoms with van der Waals surface area (Å²) < 4.78 is 5.57. The van der Waals surface area contributed by atoms with Gasteiger partial charge in [-0.25, -0.2) is 0 Å². The molecule has 3 heteroatoms. The molecule has 0 radical (unpaired) electrons. The number of carbonyl (C=O) groups excluding carboxylic acids is 1. The van der Waals surface area contributed by atoms with Crippen LogP contribution in [0.25, 0.3) is 11.0 Å². The average molecular weight is 335 g/mol. The minimum Gasteiger partial charge on any atom is -0.464 e. The van der Waals surface area contributed by atoms with Crippen LogP contribution in [-0.4, -0.2) is 5.91 Å². The Morgan fingerprint density at radius 3 is 2.52 bits per heavy atom. The molecule has 1 amide bonds. The zero-order chi connectivity index (χ0) is 17.6. The Balaban J connectivity index is 1.66. The number of hydrogen-bond donors (Lipinski definition) is 1. The number of anilines is 1. The lowest BCUT2D eigenvalue weighted by Crippen LogP contribution is -2.14. The first kappa shape index (κ1) is 17.3. The summed E-state index contributed by atoms with van der Waals surface area (Å²) in [5.41, 5.74) is 5.17. The maximum absolute atomic E-state index is 12.4. The number of rotatable bonds is 7. The first-order valence-electron chi connectivity index (χ1n) is 9.07. The van der Waals surface area contributed by atoms with Gasteiger partial charge >= 0.3 is 0 Å². The summed E-state index contributed by atoms with van der Waals surface area (Å²) in [6.07, 6.45) is 6.45. The number of unbranched alkanes of at least 4 members (excludes halogenated alkanes) is 1. The largest absolute Gasteiger partial charge is 0.464 e. The highest BCUT2D eigenvalue weighted by molar-refractivity contribution is 5.95. The molecule has 3 nitrogen and oxygen atoms in total. The second kappa shape index (κ2) is 8.02. The molecule has 0 atom stereocenters. The second-order valence-corrected chi connectivity index (χ2v) is 6.47. The maximum Gasteiger partial charge on any atom is 0.228 e. The van der Waals surface area contributed by atoms with Crippen LogP contribution in [0, 0.1) is 0 Å². The van der Waals surface area contributed by atoms with Gasteiger partial charge in [-0.1, -0.05) is 38.5 Å². The van der Waals surface area contributed by atoms with E-state index in [-0.39, 0.29) is 5.91 Å². The van der Waals surface area contributed by atoms with Crippen molar-refractivity contribution in [3.63, 3.8) is 0 Å². The number of furan rings is 1. The maximum atomic E-state index is 12.4. The van der Waals surface area contributed by atoms with Crippen molar-refractivity contribution in [3.05, 3.63) is 65.4 Å². The van der Waals surface area contributed by atoms with Crippen LogP contribution in [0.15, 0.2) is 53.1 Å². The number of hydrogen-bond acceptors (Lipinski definition) is 2. The van der Waals surface area contributed by atoms with Crippen LogP contribution in [0.1, 0.15) is 43.4 Å². The van der Waals surface area contributed by atoms with Crippen LogP contribution in [0.2, 0.25) is 0 Å². The smallest absolute Gasteiger partial charge is 0.228 e. The first-order valence-corrected chi connectivity index (χ1v) is 9.07. The Hall–Kier alpha value is -2.55. The van der Waals surface area contributed by atoms with Crippen LogP contribution >= 0.6 is 0 Å². The predicted octanol–water partition coefficient (Wildman–Crippen LogP) is 5.52. The van der Waals surface area contributed by atoms with Crippen molar-refractivity contribution in [2.45, 2.75) is 46.0 Å². The quantitative estimate of drug-likeness (QED) is 0.618. The van der Waals surface area contributed by atoms with Gasteiger partial charge in [0, 0.05) is 16.6 Å². The molecule has 2 aromatic carbocycles. The van der Waals surface area contributed by atoms with Crippen molar-refractivity contribution in [1.82, 2.24) is 0 Å². The molecule has 0 spiro atoms. The molecule has 0 aliphatic carbocycles.